The Balaban J connectivity index is 1.92. The first-order valence-electron chi connectivity index (χ1n) is 5.65. The lowest BCUT2D eigenvalue weighted by molar-refractivity contribution is -0.118. The van der Waals surface area contributed by atoms with Crippen LogP contribution in [-0.2, 0) is 4.79 Å². The van der Waals surface area contributed by atoms with E-state index in [0.717, 1.165) is 25.8 Å². The normalized spacial score (nSPS) is 21.1. The van der Waals surface area contributed by atoms with Gasteiger partial charge in [0.2, 0.25) is 5.91 Å². The lowest BCUT2D eigenvalue weighted by Crippen LogP contribution is -2.39. The maximum atomic E-state index is 11.9. The van der Waals surface area contributed by atoms with Crippen molar-refractivity contribution in [2.75, 3.05) is 11.9 Å². The minimum atomic E-state index is -0.0808. The molecule has 2 rings (SSSR count). The van der Waals surface area contributed by atoms with Crippen molar-refractivity contribution in [2.24, 2.45) is 0 Å². The van der Waals surface area contributed by atoms with Crippen LogP contribution in [0.3, 0.4) is 0 Å². The van der Waals surface area contributed by atoms with Crippen LogP contribution in [0.4, 0.5) is 5.69 Å². The highest BCUT2D eigenvalue weighted by Crippen LogP contribution is 2.10. The van der Waals surface area contributed by atoms with E-state index in [1.54, 1.807) is 12.4 Å². The molecule has 5 heteroatoms. The summed E-state index contributed by atoms with van der Waals surface area (Å²) in [5.41, 5.74) is 0.651. The van der Waals surface area contributed by atoms with Crippen LogP contribution in [0, 0.1) is 0 Å². The van der Waals surface area contributed by atoms with Gasteiger partial charge >= 0.3 is 0 Å². The SMILES string of the molecule is O=C(Nc1cncnc1)C1CCCCCN1. The molecule has 2 N–H and O–H groups in total. The second kappa shape index (κ2) is 5.55. The molecule has 1 fully saturated rings. The van der Waals surface area contributed by atoms with Crippen molar-refractivity contribution in [3.63, 3.8) is 0 Å². The molecule has 5 nitrogen and oxygen atoms in total. The molecule has 0 spiro atoms. The highest BCUT2D eigenvalue weighted by molar-refractivity contribution is 5.94. The van der Waals surface area contributed by atoms with Crippen LogP contribution in [0.5, 0.6) is 0 Å². The Morgan fingerprint density at radius 2 is 2.12 bits per heavy atom. The summed E-state index contributed by atoms with van der Waals surface area (Å²) >= 11 is 0. The average Bonchev–Trinajstić information content (AvgIpc) is 2.59. The van der Waals surface area contributed by atoms with Crippen molar-refractivity contribution in [1.82, 2.24) is 15.3 Å². The zero-order valence-electron chi connectivity index (χ0n) is 9.15. The molecule has 86 valence electrons. The lowest BCUT2D eigenvalue weighted by Gasteiger charge is -2.14. The molecule has 0 radical (unpaired) electrons. The molecule has 0 bridgehead atoms. The van der Waals surface area contributed by atoms with Gasteiger partial charge in [-0.05, 0) is 19.4 Å². The molecule has 1 atom stereocenters. The molecule has 1 aliphatic heterocycles. The van der Waals surface area contributed by atoms with Crippen LogP contribution in [0.15, 0.2) is 18.7 Å². The summed E-state index contributed by atoms with van der Waals surface area (Å²) in [6, 6.07) is -0.0808. The van der Waals surface area contributed by atoms with Gasteiger partial charge in [-0.1, -0.05) is 12.8 Å². The Morgan fingerprint density at radius 1 is 1.31 bits per heavy atom. The van der Waals surface area contributed by atoms with Crippen LogP contribution >= 0.6 is 0 Å². The summed E-state index contributed by atoms with van der Waals surface area (Å²) in [4.78, 5) is 19.6. The quantitative estimate of drug-likeness (QED) is 0.778. The molecule has 0 saturated carbocycles. The predicted molar refractivity (Wildman–Crippen MR) is 60.9 cm³/mol. The fourth-order valence-corrected chi connectivity index (χ4v) is 1.85. The minimum absolute atomic E-state index is 0.0108. The number of aromatic nitrogens is 2. The summed E-state index contributed by atoms with van der Waals surface area (Å²) in [6.07, 6.45) is 9.00. The molecule has 16 heavy (non-hydrogen) atoms. The molecule has 0 aromatic carbocycles. The molecule has 1 amide bonds. The van der Waals surface area contributed by atoms with Crippen molar-refractivity contribution in [3.05, 3.63) is 18.7 Å². The van der Waals surface area contributed by atoms with Crippen LogP contribution in [0.1, 0.15) is 25.7 Å². The van der Waals surface area contributed by atoms with Gasteiger partial charge in [0.25, 0.3) is 0 Å². The number of anilines is 1. The van der Waals surface area contributed by atoms with E-state index in [0.29, 0.717) is 5.69 Å². The zero-order chi connectivity index (χ0) is 11.2. The monoisotopic (exact) mass is 220 g/mol. The van der Waals surface area contributed by atoms with E-state index in [9.17, 15) is 4.79 Å². The number of hydrogen-bond acceptors (Lipinski definition) is 4. The van der Waals surface area contributed by atoms with Crippen molar-refractivity contribution in [2.45, 2.75) is 31.7 Å². The third-order valence-electron chi connectivity index (χ3n) is 2.70. The summed E-state index contributed by atoms with van der Waals surface area (Å²) in [5.74, 6) is 0.0108. The molecular formula is C11H16N4O. The fraction of sp³-hybridized carbons (Fsp3) is 0.545. The Bertz CT molecular complexity index is 333. The van der Waals surface area contributed by atoms with E-state index in [-0.39, 0.29) is 11.9 Å². The third-order valence-corrected chi connectivity index (χ3v) is 2.70. The van der Waals surface area contributed by atoms with E-state index in [2.05, 4.69) is 20.6 Å². The Morgan fingerprint density at radius 3 is 2.94 bits per heavy atom. The smallest absolute Gasteiger partial charge is 0.241 e. The maximum Gasteiger partial charge on any atom is 0.241 e. The van der Waals surface area contributed by atoms with E-state index in [1.165, 1.54) is 12.7 Å². The number of rotatable bonds is 2. The molecular weight excluding hydrogens is 204 g/mol. The summed E-state index contributed by atoms with van der Waals surface area (Å²) in [6.45, 7) is 0.920. The fourth-order valence-electron chi connectivity index (χ4n) is 1.85. The van der Waals surface area contributed by atoms with Crippen molar-refractivity contribution < 1.29 is 4.79 Å². The van der Waals surface area contributed by atoms with Gasteiger partial charge in [-0.25, -0.2) is 9.97 Å². The molecule has 0 aliphatic carbocycles. The second-order valence-electron chi connectivity index (χ2n) is 3.97. The summed E-state index contributed by atoms with van der Waals surface area (Å²) < 4.78 is 0. The highest BCUT2D eigenvalue weighted by Gasteiger charge is 2.19. The number of amides is 1. The molecule has 1 aliphatic rings. The number of hydrogen-bond donors (Lipinski definition) is 2. The molecule has 1 aromatic rings. The first kappa shape index (κ1) is 11.0. The Labute approximate surface area is 94.7 Å². The maximum absolute atomic E-state index is 11.9. The Hall–Kier alpha value is -1.49. The van der Waals surface area contributed by atoms with Gasteiger partial charge in [0.1, 0.15) is 6.33 Å². The summed E-state index contributed by atoms with van der Waals surface area (Å²) in [7, 11) is 0. The van der Waals surface area contributed by atoms with Crippen LogP contribution < -0.4 is 10.6 Å². The van der Waals surface area contributed by atoms with Crippen molar-refractivity contribution >= 4 is 11.6 Å². The van der Waals surface area contributed by atoms with Crippen molar-refractivity contribution in [1.29, 1.82) is 0 Å². The Kier molecular flexibility index (Phi) is 3.82. The average molecular weight is 220 g/mol. The van der Waals surface area contributed by atoms with Crippen LogP contribution in [0.25, 0.3) is 0 Å². The molecule has 1 aromatic heterocycles. The van der Waals surface area contributed by atoms with E-state index in [1.807, 2.05) is 0 Å². The lowest BCUT2D eigenvalue weighted by atomic mass is 10.1. The van der Waals surface area contributed by atoms with Gasteiger partial charge in [0.05, 0.1) is 24.1 Å². The van der Waals surface area contributed by atoms with Gasteiger partial charge < -0.3 is 10.6 Å². The number of nitrogens with zero attached hydrogens (tertiary/aromatic N) is 2. The second-order valence-corrected chi connectivity index (χ2v) is 3.97. The van der Waals surface area contributed by atoms with Gasteiger partial charge in [0.15, 0.2) is 0 Å². The van der Waals surface area contributed by atoms with E-state index in [4.69, 9.17) is 0 Å². The first-order valence-corrected chi connectivity index (χ1v) is 5.65. The minimum Gasteiger partial charge on any atom is -0.322 e. The predicted octanol–water partition coefficient (Wildman–Crippen LogP) is 0.947. The zero-order valence-corrected chi connectivity index (χ0v) is 9.15. The van der Waals surface area contributed by atoms with Crippen molar-refractivity contribution in [3.8, 4) is 0 Å². The number of carbonyl (C=O) groups is 1. The van der Waals surface area contributed by atoms with Gasteiger partial charge in [-0.2, -0.15) is 0 Å². The van der Waals surface area contributed by atoms with E-state index < -0.39 is 0 Å². The molecule has 1 saturated heterocycles. The summed E-state index contributed by atoms with van der Waals surface area (Å²) in [5, 5.41) is 6.06. The van der Waals surface area contributed by atoms with Gasteiger partial charge in [-0.3, -0.25) is 4.79 Å². The van der Waals surface area contributed by atoms with E-state index >= 15 is 0 Å². The highest BCUT2D eigenvalue weighted by atomic mass is 16.2. The topological polar surface area (TPSA) is 66.9 Å². The van der Waals surface area contributed by atoms with Crippen LogP contribution in [0.2, 0.25) is 0 Å². The van der Waals surface area contributed by atoms with Gasteiger partial charge in [0, 0.05) is 0 Å². The molecule has 1 unspecified atom stereocenters. The molecule has 2 heterocycles. The first-order chi connectivity index (χ1) is 7.86. The van der Waals surface area contributed by atoms with Crippen LogP contribution in [-0.4, -0.2) is 28.5 Å². The number of carbonyl (C=O) groups excluding carboxylic acids is 1. The van der Waals surface area contributed by atoms with Gasteiger partial charge in [-0.15, -0.1) is 0 Å². The number of nitrogens with one attached hydrogen (secondary N) is 2. The standard InChI is InChI=1S/C11H16N4O/c16-11(10-4-2-1-3-5-14-10)15-9-6-12-8-13-7-9/h6-8,10,14H,1-5H2,(H,15,16). The third kappa shape index (κ3) is 3.00. The largest absolute Gasteiger partial charge is 0.322 e.